The first-order valence-electron chi connectivity index (χ1n) is 7.72. The maximum atomic E-state index is 6.39. The molecule has 1 aliphatic carbocycles. The average Bonchev–Trinajstić information content (AvgIpc) is 2.40. The lowest BCUT2D eigenvalue weighted by atomic mass is 9.98. The van der Waals surface area contributed by atoms with Gasteiger partial charge in [-0.05, 0) is 38.4 Å². The molecule has 1 unspecified atom stereocenters. The molecule has 1 saturated carbocycles. The van der Waals surface area contributed by atoms with Crippen molar-refractivity contribution >= 4 is 21.4 Å². The third kappa shape index (κ3) is 6.17. The van der Waals surface area contributed by atoms with E-state index in [0.717, 1.165) is 24.6 Å². The molecule has 1 fully saturated rings. The zero-order valence-electron chi connectivity index (χ0n) is 12.7. The van der Waals surface area contributed by atoms with Gasteiger partial charge in [-0.3, -0.25) is 0 Å². The summed E-state index contributed by atoms with van der Waals surface area (Å²) in [5.41, 5.74) is 0. The standard InChI is InChI=1S/C14H30O3SSi/c1-4-15-19(16-5-2,12-13(3)11-18)17-14-9-7-6-8-10-14/h13-14,18H,4-12H2,1-3H3. The van der Waals surface area contributed by atoms with E-state index in [9.17, 15) is 0 Å². The van der Waals surface area contributed by atoms with Gasteiger partial charge in [0.1, 0.15) is 0 Å². The number of hydrogen-bond donors (Lipinski definition) is 1. The summed E-state index contributed by atoms with van der Waals surface area (Å²) >= 11 is 4.39. The Bertz CT molecular complexity index is 229. The van der Waals surface area contributed by atoms with E-state index < -0.39 is 8.80 Å². The summed E-state index contributed by atoms with van der Waals surface area (Å²) in [7, 11) is -2.52. The lowest BCUT2D eigenvalue weighted by Gasteiger charge is -2.35. The highest BCUT2D eigenvalue weighted by Gasteiger charge is 2.44. The summed E-state index contributed by atoms with van der Waals surface area (Å²) in [5.74, 6) is 1.32. The number of rotatable bonds is 9. The third-order valence-electron chi connectivity index (χ3n) is 3.54. The van der Waals surface area contributed by atoms with Crippen LogP contribution in [0.15, 0.2) is 0 Å². The number of hydrogen-bond acceptors (Lipinski definition) is 4. The molecule has 0 radical (unpaired) electrons. The van der Waals surface area contributed by atoms with Crippen molar-refractivity contribution < 1.29 is 13.3 Å². The van der Waals surface area contributed by atoms with Crippen LogP contribution in [-0.4, -0.2) is 33.9 Å². The molecule has 1 atom stereocenters. The van der Waals surface area contributed by atoms with E-state index in [1.807, 2.05) is 13.8 Å². The molecule has 0 aromatic rings. The predicted molar refractivity (Wildman–Crippen MR) is 84.8 cm³/mol. The fourth-order valence-electron chi connectivity index (χ4n) is 2.64. The molecular weight excluding hydrogens is 276 g/mol. The van der Waals surface area contributed by atoms with Crippen molar-refractivity contribution in [2.75, 3.05) is 19.0 Å². The van der Waals surface area contributed by atoms with Crippen LogP contribution in [0.2, 0.25) is 6.04 Å². The Morgan fingerprint density at radius 3 is 2.16 bits per heavy atom. The van der Waals surface area contributed by atoms with Crippen LogP contribution in [0, 0.1) is 5.92 Å². The van der Waals surface area contributed by atoms with Gasteiger partial charge in [-0.15, -0.1) is 0 Å². The van der Waals surface area contributed by atoms with Crippen molar-refractivity contribution in [1.82, 2.24) is 0 Å². The summed E-state index contributed by atoms with van der Waals surface area (Å²) in [6, 6.07) is 0.884. The third-order valence-corrected chi connectivity index (χ3v) is 7.51. The fourth-order valence-corrected chi connectivity index (χ4v) is 6.19. The summed E-state index contributed by atoms with van der Waals surface area (Å²) in [4.78, 5) is 0. The second kappa shape index (κ2) is 9.40. The van der Waals surface area contributed by atoms with E-state index in [-0.39, 0.29) is 0 Å². The Morgan fingerprint density at radius 2 is 1.68 bits per heavy atom. The van der Waals surface area contributed by atoms with Crippen LogP contribution in [0.1, 0.15) is 52.9 Å². The topological polar surface area (TPSA) is 27.7 Å². The largest absolute Gasteiger partial charge is 0.501 e. The Labute approximate surface area is 125 Å². The molecule has 0 spiro atoms. The summed E-state index contributed by atoms with van der Waals surface area (Å²) in [6.07, 6.45) is 6.54. The van der Waals surface area contributed by atoms with Crippen molar-refractivity contribution in [3.8, 4) is 0 Å². The SMILES string of the molecule is CCO[Si](CC(C)CS)(OCC)OC1CCCCC1. The Hall–Kier alpha value is 0.447. The van der Waals surface area contributed by atoms with E-state index >= 15 is 0 Å². The minimum absolute atomic E-state index is 0.339. The van der Waals surface area contributed by atoms with Gasteiger partial charge in [0.2, 0.25) is 0 Å². The van der Waals surface area contributed by atoms with Gasteiger partial charge in [0.05, 0.1) is 0 Å². The average molecular weight is 307 g/mol. The predicted octanol–water partition coefficient (Wildman–Crippen LogP) is 3.91. The number of thiol groups is 1. The van der Waals surface area contributed by atoms with Crippen molar-refractivity contribution in [2.45, 2.75) is 65.0 Å². The maximum absolute atomic E-state index is 6.39. The van der Waals surface area contributed by atoms with Crippen molar-refractivity contribution in [1.29, 1.82) is 0 Å². The Morgan fingerprint density at radius 1 is 1.11 bits per heavy atom. The van der Waals surface area contributed by atoms with Gasteiger partial charge in [0.25, 0.3) is 0 Å². The van der Waals surface area contributed by atoms with Gasteiger partial charge in [-0.1, -0.05) is 26.2 Å². The fraction of sp³-hybridized carbons (Fsp3) is 1.00. The molecular formula is C14H30O3SSi. The molecule has 0 amide bonds. The highest BCUT2D eigenvalue weighted by atomic mass is 32.1. The normalized spacial score (nSPS) is 19.6. The molecule has 19 heavy (non-hydrogen) atoms. The lowest BCUT2D eigenvalue weighted by molar-refractivity contribution is 0.0167. The van der Waals surface area contributed by atoms with Crippen LogP contribution in [0.5, 0.6) is 0 Å². The smallest absolute Gasteiger partial charge is 0.374 e. The summed E-state index contributed by atoms with van der Waals surface area (Å²) in [5, 5.41) is 0. The molecule has 0 bridgehead atoms. The van der Waals surface area contributed by atoms with E-state index in [0.29, 0.717) is 25.2 Å². The minimum Gasteiger partial charge on any atom is -0.374 e. The second-order valence-corrected chi connectivity index (χ2v) is 8.37. The van der Waals surface area contributed by atoms with Crippen molar-refractivity contribution in [2.24, 2.45) is 5.92 Å². The van der Waals surface area contributed by atoms with Crippen LogP contribution in [0.25, 0.3) is 0 Å². The second-order valence-electron chi connectivity index (χ2n) is 5.42. The van der Waals surface area contributed by atoms with Crippen LogP contribution in [0.3, 0.4) is 0 Å². The molecule has 0 aromatic carbocycles. The van der Waals surface area contributed by atoms with E-state index in [1.54, 1.807) is 0 Å². The molecule has 0 heterocycles. The first-order chi connectivity index (χ1) is 9.15. The Balaban J connectivity index is 2.68. The van der Waals surface area contributed by atoms with Crippen molar-refractivity contribution in [3.63, 3.8) is 0 Å². The first-order valence-corrected chi connectivity index (χ1v) is 10.3. The highest BCUT2D eigenvalue weighted by molar-refractivity contribution is 7.80. The molecule has 5 heteroatoms. The first kappa shape index (κ1) is 17.5. The quantitative estimate of drug-likeness (QED) is 0.517. The van der Waals surface area contributed by atoms with Crippen LogP contribution in [-0.2, 0) is 13.3 Å². The van der Waals surface area contributed by atoms with Gasteiger partial charge in [-0.25, -0.2) is 0 Å². The lowest BCUT2D eigenvalue weighted by Crippen LogP contribution is -2.50. The van der Waals surface area contributed by atoms with Crippen LogP contribution >= 0.6 is 12.6 Å². The monoisotopic (exact) mass is 306 g/mol. The highest BCUT2D eigenvalue weighted by Crippen LogP contribution is 2.29. The molecule has 3 nitrogen and oxygen atoms in total. The van der Waals surface area contributed by atoms with Gasteiger partial charge < -0.3 is 13.3 Å². The summed E-state index contributed by atoms with van der Waals surface area (Å²) in [6.45, 7) is 7.57. The summed E-state index contributed by atoms with van der Waals surface area (Å²) < 4.78 is 18.4. The van der Waals surface area contributed by atoms with E-state index in [2.05, 4.69) is 19.6 Å². The molecule has 1 aliphatic rings. The van der Waals surface area contributed by atoms with Gasteiger partial charge in [0.15, 0.2) is 0 Å². The van der Waals surface area contributed by atoms with Crippen LogP contribution < -0.4 is 0 Å². The Kier molecular flexibility index (Phi) is 8.65. The molecule has 0 N–H and O–H groups in total. The van der Waals surface area contributed by atoms with E-state index in [1.165, 1.54) is 19.3 Å². The maximum Gasteiger partial charge on any atom is 0.501 e. The minimum atomic E-state index is -2.52. The zero-order chi connectivity index (χ0) is 14.1. The van der Waals surface area contributed by atoms with Gasteiger partial charge in [-0.2, -0.15) is 12.6 Å². The molecule has 0 saturated heterocycles. The molecule has 0 aromatic heterocycles. The van der Waals surface area contributed by atoms with Gasteiger partial charge in [0, 0.05) is 25.4 Å². The molecule has 0 aliphatic heterocycles. The zero-order valence-corrected chi connectivity index (χ0v) is 14.6. The van der Waals surface area contributed by atoms with E-state index in [4.69, 9.17) is 13.3 Å². The van der Waals surface area contributed by atoms with Crippen molar-refractivity contribution in [3.05, 3.63) is 0 Å². The molecule has 114 valence electrons. The van der Waals surface area contributed by atoms with Gasteiger partial charge >= 0.3 is 8.80 Å². The van der Waals surface area contributed by atoms with Crippen LogP contribution in [0.4, 0.5) is 0 Å². The molecule has 1 rings (SSSR count).